The lowest BCUT2D eigenvalue weighted by atomic mass is 10.0. The average molecular weight is 329 g/mol. The van der Waals surface area contributed by atoms with Gasteiger partial charge in [0.05, 0.1) is 14.9 Å². The summed E-state index contributed by atoms with van der Waals surface area (Å²) < 4.78 is 6.33. The van der Waals surface area contributed by atoms with Crippen LogP contribution in [0.15, 0.2) is 16.6 Å². The largest absolute Gasteiger partial charge is 0.490 e. The third-order valence-corrected chi connectivity index (χ3v) is 4.18. The van der Waals surface area contributed by atoms with Crippen molar-refractivity contribution in [2.45, 2.75) is 38.1 Å². The zero-order valence-electron chi connectivity index (χ0n) is 10.8. The number of hydrogen-bond donors (Lipinski definition) is 1. The average Bonchev–Trinajstić information content (AvgIpc) is 2.77. The number of rotatable bonds is 4. The van der Waals surface area contributed by atoms with Crippen LogP contribution < -0.4 is 10.5 Å². The molecule has 0 unspecified atom stereocenters. The number of ether oxygens (including phenoxy) is 1. The van der Waals surface area contributed by atoms with Crippen molar-refractivity contribution in [3.63, 3.8) is 0 Å². The number of nitrogens with zero attached hydrogens (tertiary/aromatic N) is 1. The molecule has 1 aliphatic rings. The zero-order chi connectivity index (χ0) is 14.0. The van der Waals surface area contributed by atoms with Crippen LogP contribution in [0.4, 0.5) is 5.69 Å². The minimum absolute atomic E-state index is 0.0857. The van der Waals surface area contributed by atoms with Crippen LogP contribution in [0.3, 0.4) is 0 Å². The molecule has 2 rings (SSSR count). The van der Waals surface area contributed by atoms with Gasteiger partial charge in [-0.1, -0.05) is 12.8 Å². The smallest absolute Gasteiger partial charge is 0.273 e. The topological polar surface area (TPSA) is 78.4 Å². The van der Waals surface area contributed by atoms with E-state index in [0.717, 1.165) is 25.7 Å². The maximum Gasteiger partial charge on any atom is 0.273 e. The van der Waals surface area contributed by atoms with Gasteiger partial charge in [0.1, 0.15) is 12.4 Å². The third kappa shape index (κ3) is 3.25. The molecule has 1 saturated carbocycles. The molecule has 1 fully saturated rings. The van der Waals surface area contributed by atoms with E-state index in [2.05, 4.69) is 15.9 Å². The van der Waals surface area contributed by atoms with Crippen molar-refractivity contribution in [3.8, 4) is 5.75 Å². The van der Waals surface area contributed by atoms with Crippen molar-refractivity contribution in [2.24, 2.45) is 5.73 Å². The van der Waals surface area contributed by atoms with E-state index >= 15 is 0 Å². The molecule has 0 heterocycles. The molecule has 104 valence electrons. The van der Waals surface area contributed by atoms with E-state index in [9.17, 15) is 10.1 Å². The molecule has 0 spiro atoms. The Labute approximate surface area is 120 Å². The summed E-state index contributed by atoms with van der Waals surface area (Å²) in [6.07, 6.45) is 4.22. The van der Waals surface area contributed by atoms with Crippen LogP contribution >= 0.6 is 15.9 Å². The highest BCUT2D eigenvalue weighted by atomic mass is 79.9. The van der Waals surface area contributed by atoms with Crippen LogP contribution in [-0.2, 0) is 0 Å². The molecule has 1 aliphatic carbocycles. The second kappa shape index (κ2) is 5.46. The van der Waals surface area contributed by atoms with Gasteiger partial charge in [-0.15, -0.1) is 0 Å². The van der Waals surface area contributed by atoms with Crippen molar-refractivity contribution >= 4 is 21.6 Å². The fourth-order valence-electron chi connectivity index (χ4n) is 2.40. The number of benzene rings is 1. The van der Waals surface area contributed by atoms with E-state index in [1.807, 2.05) is 0 Å². The maximum atomic E-state index is 10.8. The number of nitro groups is 1. The normalized spacial score (nSPS) is 17.4. The number of nitrogens with two attached hydrogens (primary N) is 1. The number of aryl methyl sites for hydroxylation is 1. The summed E-state index contributed by atoms with van der Waals surface area (Å²) in [5.41, 5.74) is 6.64. The van der Waals surface area contributed by atoms with Crippen LogP contribution in [0.2, 0.25) is 0 Å². The van der Waals surface area contributed by atoms with Gasteiger partial charge in [0.15, 0.2) is 0 Å². The monoisotopic (exact) mass is 328 g/mol. The van der Waals surface area contributed by atoms with E-state index in [0.29, 0.717) is 22.4 Å². The Morgan fingerprint density at radius 3 is 2.68 bits per heavy atom. The molecule has 0 saturated heterocycles. The molecular formula is C13H17BrN2O3. The molecule has 1 aromatic carbocycles. The number of hydrogen-bond acceptors (Lipinski definition) is 4. The first kappa shape index (κ1) is 14.3. The van der Waals surface area contributed by atoms with Crippen molar-refractivity contribution in [3.05, 3.63) is 32.3 Å². The first-order valence-corrected chi connectivity index (χ1v) is 7.07. The van der Waals surface area contributed by atoms with Crippen molar-refractivity contribution in [1.29, 1.82) is 0 Å². The molecule has 2 N–H and O–H groups in total. The van der Waals surface area contributed by atoms with Crippen LogP contribution in [0.25, 0.3) is 0 Å². The lowest BCUT2D eigenvalue weighted by Gasteiger charge is -2.24. The van der Waals surface area contributed by atoms with Gasteiger partial charge in [0, 0.05) is 11.6 Å². The molecule has 1 aromatic rings. The van der Waals surface area contributed by atoms with Crippen LogP contribution in [0, 0.1) is 17.0 Å². The Balaban J connectivity index is 2.13. The van der Waals surface area contributed by atoms with Crippen LogP contribution in [0.5, 0.6) is 5.75 Å². The van der Waals surface area contributed by atoms with E-state index in [-0.39, 0.29) is 11.2 Å². The first-order valence-electron chi connectivity index (χ1n) is 6.27. The van der Waals surface area contributed by atoms with Gasteiger partial charge in [-0.25, -0.2) is 0 Å². The summed E-state index contributed by atoms with van der Waals surface area (Å²) >= 11 is 3.31. The van der Waals surface area contributed by atoms with E-state index in [4.69, 9.17) is 10.5 Å². The van der Waals surface area contributed by atoms with Gasteiger partial charge in [0.2, 0.25) is 0 Å². The maximum absolute atomic E-state index is 10.8. The Bertz CT molecular complexity index is 499. The number of halogens is 1. The first-order chi connectivity index (χ1) is 8.91. The highest BCUT2D eigenvalue weighted by Gasteiger charge is 2.30. The minimum atomic E-state index is -0.398. The molecule has 0 aliphatic heterocycles. The minimum Gasteiger partial charge on any atom is -0.490 e. The zero-order valence-corrected chi connectivity index (χ0v) is 12.4. The molecule has 19 heavy (non-hydrogen) atoms. The summed E-state index contributed by atoms with van der Waals surface area (Å²) in [7, 11) is 0. The third-order valence-electron chi connectivity index (χ3n) is 3.56. The number of nitro benzene ring substituents is 1. The van der Waals surface area contributed by atoms with Crippen molar-refractivity contribution in [2.75, 3.05) is 6.61 Å². The SMILES string of the molecule is Cc1cc(OCC2(N)CCCC2)c(Br)cc1[N+](=O)[O-]. The van der Waals surface area contributed by atoms with Gasteiger partial charge < -0.3 is 10.5 Å². The summed E-state index contributed by atoms with van der Waals surface area (Å²) in [5.74, 6) is 0.611. The molecular weight excluding hydrogens is 312 g/mol. The van der Waals surface area contributed by atoms with Gasteiger partial charge >= 0.3 is 0 Å². The fraction of sp³-hybridized carbons (Fsp3) is 0.538. The molecule has 0 atom stereocenters. The quantitative estimate of drug-likeness (QED) is 0.679. The lowest BCUT2D eigenvalue weighted by molar-refractivity contribution is -0.385. The summed E-state index contributed by atoms with van der Waals surface area (Å²) in [6.45, 7) is 2.15. The van der Waals surface area contributed by atoms with Crippen LogP contribution in [0.1, 0.15) is 31.2 Å². The Kier molecular flexibility index (Phi) is 4.10. The van der Waals surface area contributed by atoms with Crippen molar-refractivity contribution < 1.29 is 9.66 Å². The molecule has 0 aromatic heterocycles. The molecule has 6 heteroatoms. The van der Waals surface area contributed by atoms with Gasteiger partial charge in [-0.2, -0.15) is 0 Å². The summed E-state index contributed by atoms with van der Waals surface area (Å²) in [5, 5.41) is 10.8. The van der Waals surface area contributed by atoms with Gasteiger partial charge in [-0.05, 0) is 41.8 Å². The molecule has 0 amide bonds. The van der Waals surface area contributed by atoms with Crippen LogP contribution in [-0.4, -0.2) is 17.1 Å². The summed E-state index contributed by atoms with van der Waals surface area (Å²) in [4.78, 5) is 10.4. The Morgan fingerprint density at radius 1 is 1.47 bits per heavy atom. The predicted octanol–water partition coefficient (Wildman–Crippen LogP) is 3.32. The Morgan fingerprint density at radius 2 is 2.11 bits per heavy atom. The Hall–Kier alpha value is -1.14. The highest BCUT2D eigenvalue weighted by molar-refractivity contribution is 9.10. The van der Waals surface area contributed by atoms with Gasteiger partial charge in [0.25, 0.3) is 5.69 Å². The standard InChI is InChI=1S/C13H17BrN2O3/c1-9-6-12(10(14)7-11(9)16(17)18)19-8-13(15)4-2-3-5-13/h6-7H,2-5,8,15H2,1H3. The molecule has 5 nitrogen and oxygen atoms in total. The van der Waals surface area contributed by atoms with E-state index in [1.54, 1.807) is 13.0 Å². The fourth-order valence-corrected chi connectivity index (χ4v) is 2.84. The molecule has 0 bridgehead atoms. The van der Waals surface area contributed by atoms with E-state index < -0.39 is 4.92 Å². The van der Waals surface area contributed by atoms with Gasteiger partial charge in [-0.3, -0.25) is 10.1 Å². The highest BCUT2D eigenvalue weighted by Crippen LogP contribution is 2.34. The summed E-state index contributed by atoms with van der Waals surface area (Å²) in [6, 6.07) is 3.16. The van der Waals surface area contributed by atoms with Crippen molar-refractivity contribution in [1.82, 2.24) is 0 Å². The predicted molar refractivity (Wildman–Crippen MR) is 76.4 cm³/mol. The second-order valence-electron chi connectivity index (χ2n) is 5.18. The second-order valence-corrected chi connectivity index (χ2v) is 6.04. The van der Waals surface area contributed by atoms with E-state index in [1.165, 1.54) is 6.07 Å². The molecule has 0 radical (unpaired) electrons. The lowest BCUT2D eigenvalue weighted by Crippen LogP contribution is -2.42.